The molecular formula is C17H15F3N2O2. The number of aromatic hydroxyl groups is 1. The van der Waals surface area contributed by atoms with Gasteiger partial charge < -0.3 is 10.4 Å². The summed E-state index contributed by atoms with van der Waals surface area (Å²) in [6, 6.07) is 5.78. The van der Waals surface area contributed by atoms with Crippen molar-refractivity contribution in [1.29, 1.82) is 0 Å². The van der Waals surface area contributed by atoms with Gasteiger partial charge in [-0.1, -0.05) is 19.1 Å². The molecule has 3 rings (SSSR count). The number of halogens is 3. The number of benzene rings is 2. The molecule has 7 heteroatoms. The van der Waals surface area contributed by atoms with E-state index in [0.29, 0.717) is 18.3 Å². The van der Waals surface area contributed by atoms with Crippen LogP contribution in [0.5, 0.6) is 5.75 Å². The van der Waals surface area contributed by atoms with Crippen LogP contribution >= 0.6 is 0 Å². The third-order valence-electron chi connectivity index (χ3n) is 4.12. The van der Waals surface area contributed by atoms with Crippen molar-refractivity contribution in [2.45, 2.75) is 20.0 Å². The van der Waals surface area contributed by atoms with Gasteiger partial charge in [-0.05, 0) is 29.8 Å². The molecule has 0 spiro atoms. The van der Waals surface area contributed by atoms with Crippen LogP contribution < -0.4 is 5.32 Å². The second-order valence-corrected chi connectivity index (χ2v) is 5.58. The Morgan fingerprint density at radius 3 is 2.71 bits per heavy atom. The molecule has 0 unspecified atom stereocenters. The number of carbonyl (C=O) groups excluding carboxylic acids is 1. The Kier molecular flexibility index (Phi) is 4.19. The van der Waals surface area contributed by atoms with Crippen molar-refractivity contribution >= 4 is 11.6 Å². The lowest BCUT2D eigenvalue weighted by Crippen LogP contribution is -2.17. The number of carbonyl (C=O) groups is 1. The van der Waals surface area contributed by atoms with Crippen LogP contribution in [0.15, 0.2) is 24.3 Å². The number of hydrogen-bond donors (Lipinski definition) is 2. The molecule has 2 N–H and O–H groups in total. The molecule has 1 heterocycles. The first-order valence-electron chi connectivity index (χ1n) is 7.43. The highest BCUT2D eigenvalue weighted by molar-refractivity contribution is 6.05. The first-order chi connectivity index (χ1) is 11.4. The van der Waals surface area contributed by atoms with Crippen molar-refractivity contribution in [3.63, 3.8) is 0 Å². The maximum atomic E-state index is 13.9. The summed E-state index contributed by atoms with van der Waals surface area (Å²) in [6.45, 7) is 4.24. The topological polar surface area (TPSA) is 52.6 Å². The lowest BCUT2D eigenvalue weighted by Gasteiger charge is -2.12. The number of rotatable bonds is 3. The van der Waals surface area contributed by atoms with E-state index >= 15 is 0 Å². The third-order valence-corrected chi connectivity index (χ3v) is 4.12. The van der Waals surface area contributed by atoms with Crippen LogP contribution in [0, 0.1) is 17.5 Å². The number of phenols is 1. The summed E-state index contributed by atoms with van der Waals surface area (Å²) in [5.74, 6) is -7.16. The van der Waals surface area contributed by atoms with E-state index in [-0.39, 0.29) is 0 Å². The van der Waals surface area contributed by atoms with Crippen molar-refractivity contribution in [3.8, 4) is 5.75 Å². The molecule has 0 aliphatic carbocycles. The summed E-state index contributed by atoms with van der Waals surface area (Å²) in [5.41, 5.74) is 1.68. The van der Waals surface area contributed by atoms with E-state index in [1.165, 1.54) is 0 Å². The van der Waals surface area contributed by atoms with Gasteiger partial charge in [0.1, 0.15) is 0 Å². The summed E-state index contributed by atoms with van der Waals surface area (Å²) in [4.78, 5) is 14.4. The average Bonchev–Trinajstić information content (AvgIpc) is 3.00. The lowest BCUT2D eigenvalue weighted by atomic mass is 10.1. The molecule has 0 saturated heterocycles. The lowest BCUT2D eigenvalue weighted by molar-refractivity contribution is 0.102. The van der Waals surface area contributed by atoms with E-state index in [9.17, 15) is 23.1 Å². The zero-order valence-corrected chi connectivity index (χ0v) is 12.9. The summed E-state index contributed by atoms with van der Waals surface area (Å²) in [6.07, 6.45) is 0. The molecule has 24 heavy (non-hydrogen) atoms. The molecule has 0 radical (unpaired) electrons. The molecule has 0 fully saturated rings. The zero-order chi connectivity index (χ0) is 17.4. The molecule has 2 aromatic carbocycles. The first-order valence-corrected chi connectivity index (χ1v) is 7.43. The van der Waals surface area contributed by atoms with Crippen molar-refractivity contribution in [3.05, 3.63) is 58.4 Å². The van der Waals surface area contributed by atoms with Crippen LogP contribution in [0.3, 0.4) is 0 Å². The number of nitrogens with zero attached hydrogens (tertiary/aromatic N) is 1. The number of phenolic OH excluding ortho intramolecular Hbond substituents is 1. The van der Waals surface area contributed by atoms with Gasteiger partial charge in [-0.15, -0.1) is 0 Å². The van der Waals surface area contributed by atoms with Gasteiger partial charge in [0.05, 0.1) is 5.56 Å². The third kappa shape index (κ3) is 2.71. The van der Waals surface area contributed by atoms with Crippen LogP contribution in [0.2, 0.25) is 0 Å². The molecule has 0 saturated carbocycles. The molecule has 0 bridgehead atoms. The standard InChI is InChI=1S/C17H15F3N2O2/c1-2-22-7-9-4-3-5-13(11(9)8-22)21-17(24)10-6-12(18)15(20)16(23)14(10)19/h3-6,23H,2,7-8H2,1H3,(H,21,24). The maximum Gasteiger partial charge on any atom is 0.258 e. The van der Waals surface area contributed by atoms with Crippen molar-refractivity contribution in [2.24, 2.45) is 0 Å². The van der Waals surface area contributed by atoms with E-state index in [0.717, 1.165) is 24.2 Å². The van der Waals surface area contributed by atoms with Crippen LogP contribution in [0.25, 0.3) is 0 Å². The fourth-order valence-electron chi connectivity index (χ4n) is 2.78. The predicted octanol–water partition coefficient (Wildman–Crippen LogP) is 3.40. The van der Waals surface area contributed by atoms with Gasteiger partial charge in [0.25, 0.3) is 5.91 Å². The van der Waals surface area contributed by atoms with Crippen LogP contribution in [0.4, 0.5) is 18.9 Å². The largest absolute Gasteiger partial charge is 0.503 e. The fraction of sp³-hybridized carbons (Fsp3) is 0.235. The van der Waals surface area contributed by atoms with E-state index in [2.05, 4.69) is 10.2 Å². The van der Waals surface area contributed by atoms with E-state index in [4.69, 9.17) is 0 Å². The van der Waals surface area contributed by atoms with Gasteiger partial charge in [-0.3, -0.25) is 9.69 Å². The number of fused-ring (bicyclic) bond motifs is 1. The Morgan fingerprint density at radius 2 is 2.00 bits per heavy atom. The average molecular weight is 336 g/mol. The fourth-order valence-corrected chi connectivity index (χ4v) is 2.78. The summed E-state index contributed by atoms with van der Waals surface area (Å²) >= 11 is 0. The zero-order valence-electron chi connectivity index (χ0n) is 12.9. The Labute approximate surface area is 136 Å². The summed E-state index contributed by atoms with van der Waals surface area (Å²) in [7, 11) is 0. The Bertz CT molecular complexity index is 824. The molecule has 1 aliphatic heterocycles. The van der Waals surface area contributed by atoms with Gasteiger partial charge in [0.2, 0.25) is 5.82 Å². The normalized spacial score (nSPS) is 13.8. The summed E-state index contributed by atoms with van der Waals surface area (Å²) < 4.78 is 40.3. The Hall–Kier alpha value is -2.54. The number of nitrogens with one attached hydrogen (secondary N) is 1. The number of hydrogen-bond acceptors (Lipinski definition) is 3. The smallest absolute Gasteiger partial charge is 0.258 e. The van der Waals surface area contributed by atoms with E-state index < -0.39 is 34.7 Å². The molecule has 0 atom stereocenters. The minimum Gasteiger partial charge on any atom is -0.503 e. The summed E-state index contributed by atoms with van der Waals surface area (Å²) in [5, 5.41) is 11.7. The minimum absolute atomic E-state index is 0.432. The minimum atomic E-state index is -1.72. The molecule has 2 aromatic rings. The van der Waals surface area contributed by atoms with Crippen LogP contribution in [0.1, 0.15) is 28.4 Å². The predicted molar refractivity (Wildman–Crippen MR) is 82.2 cm³/mol. The van der Waals surface area contributed by atoms with Crippen molar-refractivity contribution in [1.82, 2.24) is 4.90 Å². The Balaban J connectivity index is 1.92. The second kappa shape index (κ2) is 6.16. The molecular weight excluding hydrogens is 321 g/mol. The Morgan fingerprint density at radius 1 is 1.25 bits per heavy atom. The molecule has 1 aliphatic rings. The van der Waals surface area contributed by atoms with Gasteiger partial charge >= 0.3 is 0 Å². The number of amides is 1. The quantitative estimate of drug-likeness (QED) is 0.845. The van der Waals surface area contributed by atoms with Gasteiger partial charge in [-0.2, -0.15) is 4.39 Å². The monoisotopic (exact) mass is 336 g/mol. The van der Waals surface area contributed by atoms with Gasteiger partial charge in [-0.25, -0.2) is 8.78 Å². The second-order valence-electron chi connectivity index (χ2n) is 5.58. The highest BCUT2D eigenvalue weighted by atomic mass is 19.2. The molecule has 1 amide bonds. The van der Waals surface area contributed by atoms with Crippen LogP contribution in [-0.4, -0.2) is 22.5 Å². The molecule has 126 valence electrons. The van der Waals surface area contributed by atoms with E-state index in [1.807, 2.05) is 13.0 Å². The van der Waals surface area contributed by atoms with Crippen LogP contribution in [-0.2, 0) is 13.1 Å². The molecule has 0 aromatic heterocycles. The van der Waals surface area contributed by atoms with Crippen molar-refractivity contribution in [2.75, 3.05) is 11.9 Å². The van der Waals surface area contributed by atoms with Gasteiger partial charge in [0, 0.05) is 18.8 Å². The van der Waals surface area contributed by atoms with E-state index in [1.54, 1.807) is 12.1 Å². The maximum absolute atomic E-state index is 13.9. The highest BCUT2D eigenvalue weighted by Crippen LogP contribution is 2.30. The number of anilines is 1. The molecule has 4 nitrogen and oxygen atoms in total. The van der Waals surface area contributed by atoms with Gasteiger partial charge in [0.15, 0.2) is 17.4 Å². The first kappa shape index (κ1) is 16.3. The highest BCUT2D eigenvalue weighted by Gasteiger charge is 2.25. The SMILES string of the molecule is CCN1Cc2cccc(NC(=O)c3cc(F)c(F)c(O)c3F)c2C1. The van der Waals surface area contributed by atoms with Crippen molar-refractivity contribution < 1.29 is 23.1 Å².